The van der Waals surface area contributed by atoms with Gasteiger partial charge in [-0.25, -0.2) is 4.79 Å². The van der Waals surface area contributed by atoms with Crippen LogP contribution in [0.4, 0.5) is 13.2 Å². The smallest absolute Gasteiger partial charge is 0.417 e. The molecule has 1 amide bonds. The fourth-order valence-electron chi connectivity index (χ4n) is 4.55. The highest BCUT2D eigenvalue weighted by atomic mass is 19.4. The Balaban J connectivity index is 1.82. The molecule has 35 heavy (non-hydrogen) atoms. The quantitative estimate of drug-likeness (QED) is 0.458. The van der Waals surface area contributed by atoms with Gasteiger partial charge in [0, 0.05) is 28.4 Å². The van der Waals surface area contributed by atoms with Crippen LogP contribution in [0.1, 0.15) is 48.8 Å². The number of fused-ring (bicyclic) bond motifs is 1. The van der Waals surface area contributed by atoms with Gasteiger partial charge in [-0.1, -0.05) is 36.4 Å². The lowest BCUT2D eigenvalue weighted by Crippen LogP contribution is -2.41. The third kappa shape index (κ3) is 5.35. The first-order valence-electron chi connectivity index (χ1n) is 11.4. The van der Waals surface area contributed by atoms with E-state index in [1.807, 2.05) is 36.4 Å². The molecule has 186 valence electrons. The van der Waals surface area contributed by atoms with Gasteiger partial charge in [0.2, 0.25) is 0 Å². The zero-order chi connectivity index (χ0) is 25.4. The third-order valence-corrected chi connectivity index (χ3v) is 6.13. The number of carbonyl (C=O) groups excluding carboxylic acids is 2. The van der Waals surface area contributed by atoms with Crippen LogP contribution in [-0.2, 0) is 16.6 Å². The van der Waals surface area contributed by atoms with E-state index in [0.717, 1.165) is 30.5 Å². The number of amides is 1. The molecular weight excluding hydrogens is 459 g/mol. The van der Waals surface area contributed by atoms with E-state index in [1.54, 1.807) is 32.9 Å². The average molecular weight is 488 g/mol. The van der Waals surface area contributed by atoms with Crippen LogP contribution in [0.3, 0.4) is 0 Å². The number of alkyl halides is 3. The van der Waals surface area contributed by atoms with Crippen LogP contribution >= 0.6 is 0 Å². The molecule has 0 spiro atoms. The van der Waals surface area contributed by atoms with Crippen LogP contribution in [0.2, 0.25) is 0 Å². The molecule has 1 saturated heterocycles. The summed E-state index contributed by atoms with van der Waals surface area (Å²) in [5.74, 6) is -3.47. The summed E-state index contributed by atoms with van der Waals surface area (Å²) < 4.78 is 44.0. The predicted octanol–water partition coefficient (Wildman–Crippen LogP) is 4.64. The van der Waals surface area contributed by atoms with E-state index in [1.165, 1.54) is 0 Å². The van der Waals surface area contributed by atoms with Crippen LogP contribution in [0, 0.1) is 0 Å². The van der Waals surface area contributed by atoms with E-state index in [4.69, 9.17) is 4.74 Å². The maximum atomic E-state index is 13.1. The number of H-pyrrole nitrogens is 1. The summed E-state index contributed by atoms with van der Waals surface area (Å²) in [5.41, 5.74) is 1.25. The van der Waals surface area contributed by atoms with Crippen LogP contribution < -0.4 is 15.4 Å². The Morgan fingerprint density at radius 2 is 1.80 bits per heavy atom. The summed E-state index contributed by atoms with van der Waals surface area (Å²) in [6, 6.07) is 15.3. The highest BCUT2D eigenvalue weighted by molar-refractivity contribution is 6.05. The number of hydrogen-bond acceptors (Lipinski definition) is 4. The zero-order valence-electron chi connectivity index (χ0n) is 19.8. The number of halogens is 3. The second-order valence-corrected chi connectivity index (χ2v) is 10.1. The van der Waals surface area contributed by atoms with Crippen molar-refractivity contribution in [2.75, 3.05) is 13.1 Å². The summed E-state index contributed by atoms with van der Waals surface area (Å²) in [6.07, 6.45) is -3.65. The van der Waals surface area contributed by atoms with Crippen LogP contribution in [-0.4, -0.2) is 41.7 Å². The number of rotatable bonds is 5. The van der Waals surface area contributed by atoms with E-state index < -0.39 is 29.3 Å². The van der Waals surface area contributed by atoms with Crippen molar-refractivity contribution in [3.8, 4) is 5.75 Å². The zero-order valence-corrected chi connectivity index (χ0v) is 19.8. The lowest BCUT2D eigenvalue weighted by atomic mass is 9.74. The van der Waals surface area contributed by atoms with Crippen molar-refractivity contribution in [1.82, 2.24) is 15.6 Å². The van der Waals surface area contributed by atoms with Crippen molar-refractivity contribution in [2.24, 2.45) is 0 Å². The topological polar surface area (TPSA) is 83.2 Å². The molecule has 3 N–H and O–H groups in total. The molecule has 9 heteroatoms. The molecule has 1 aliphatic rings. The molecule has 1 unspecified atom stereocenters. The van der Waals surface area contributed by atoms with Crippen molar-refractivity contribution in [1.29, 1.82) is 0 Å². The Morgan fingerprint density at radius 3 is 2.40 bits per heavy atom. The molecular formula is C26H28F3N3O3. The summed E-state index contributed by atoms with van der Waals surface area (Å²) in [4.78, 5) is 27.5. The lowest BCUT2D eigenvalue weighted by Gasteiger charge is -2.29. The van der Waals surface area contributed by atoms with Crippen LogP contribution in [0.25, 0.3) is 10.9 Å². The molecule has 3 aromatic rings. The lowest BCUT2D eigenvalue weighted by molar-refractivity contribution is -0.189. The fourth-order valence-corrected chi connectivity index (χ4v) is 4.55. The number of benzene rings is 2. The predicted molar refractivity (Wildman–Crippen MR) is 127 cm³/mol. The standard InChI is InChI=1S/C26H28F3N3O3/c1-24(2,3)32-22(33)20-21(35-23(34)26(27,28)29)18-13-17(9-10-19(18)31-20)25(11-12-30-15-25)14-16-7-5-4-6-8-16/h4-10,13,30-31H,11-12,14-15H2,1-3H3,(H,32,33). The minimum absolute atomic E-state index is 0.230. The average Bonchev–Trinajstić information content (AvgIpc) is 3.38. The molecule has 0 bridgehead atoms. The molecule has 4 rings (SSSR count). The number of aromatic nitrogens is 1. The first-order chi connectivity index (χ1) is 16.4. The van der Waals surface area contributed by atoms with Gasteiger partial charge in [0.25, 0.3) is 5.91 Å². The Bertz CT molecular complexity index is 1240. The molecule has 0 saturated carbocycles. The number of nitrogens with one attached hydrogen (secondary N) is 3. The maximum Gasteiger partial charge on any atom is 0.491 e. The highest BCUT2D eigenvalue weighted by Gasteiger charge is 2.43. The highest BCUT2D eigenvalue weighted by Crippen LogP contribution is 2.39. The number of esters is 1. The SMILES string of the molecule is CC(C)(C)NC(=O)c1[nH]c2ccc(C3(Cc4ccccc4)CCNC3)cc2c1OC(=O)C(F)(F)F. The van der Waals surface area contributed by atoms with E-state index in [0.29, 0.717) is 12.1 Å². The molecule has 2 aromatic carbocycles. The fraction of sp³-hybridized carbons (Fsp3) is 0.385. The van der Waals surface area contributed by atoms with Gasteiger partial charge < -0.3 is 20.4 Å². The van der Waals surface area contributed by atoms with Gasteiger partial charge in [-0.3, -0.25) is 4.79 Å². The van der Waals surface area contributed by atoms with Crippen LogP contribution in [0.15, 0.2) is 48.5 Å². The van der Waals surface area contributed by atoms with E-state index in [9.17, 15) is 22.8 Å². The summed E-state index contributed by atoms with van der Waals surface area (Å²) >= 11 is 0. The Labute approximate surface area is 201 Å². The van der Waals surface area contributed by atoms with Gasteiger partial charge >= 0.3 is 12.1 Å². The molecule has 1 atom stereocenters. The molecule has 0 aliphatic carbocycles. The van der Waals surface area contributed by atoms with Gasteiger partial charge in [-0.2, -0.15) is 13.2 Å². The Kier molecular flexibility index (Phi) is 6.40. The van der Waals surface area contributed by atoms with Crippen molar-refractivity contribution >= 4 is 22.8 Å². The van der Waals surface area contributed by atoms with Gasteiger partial charge in [0.05, 0.1) is 0 Å². The monoisotopic (exact) mass is 487 g/mol. The maximum absolute atomic E-state index is 13.1. The Hall–Kier alpha value is -3.33. The summed E-state index contributed by atoms with van der Waals surface area (Å²) in [5, 5.41) is 6.34. The number of carbonyl (C=O) groups is 2. The van der Waals surface area contributed by atoms with Crippen molar-refractivity contribution in [2.45, 2.75) is 50.7 Å². The number of aromatic amines is 1. The normalized spacial score (nSPS) is 18.6. The van der Waals surface area contributed by atoms with Gasteiger partial charge in [-0.15, -0.1) is 0 Å². The van der Waals surface area contributed by atoms with E-state index in [-0.39, 0.29) is 16.5 Å². The second-order valence-electron chi connectivity index (χ2n) is 10.1. The van der Waals surface area contributed by atoms with Crippen molar-refractivity contribution in [3.05, 3.63) is 65.4 Å². The van der Waals surface area contributed by atoms with Gasteiger partial charge in [0.15, 0.2) is 5.75 Å². The summed E-state index contributed by atoms with van der Waals surface area (Å²) in [7, 11) is 0. The van der Waals surface area contributed by atoms with Crippen LogP contribution in [0.5, 0.6) is 5.75 Å². The second kappa shape index (κ2) is 9.03. The molecule has 0 radical (unpaired) electrons. The minimum Gasteiger partial charge on any atom is -0.417 e. The largest absolute Gasteiger partial charge is 0.491 e. The van der Waals surface area contributed by atoms with E-state index in [2.05, 4.69) is 15.6 Å². The molecule has 1 fully saturated rings. The number of ether oxygens (including phenoxy) is 1. The molecule has 1 aliphatic heterocycles. The molecule has 2 heterocycles. The Morgan fingerprint density at radius 1 is 1.09 bits per heavy atom. The summed E-state index contributed by atoms with van der Waals surface area (Å²) in [6.45, 7) is 6.72. The van der Waals surface area contributed by atoms with Gasteiger partial charge in [0.1, 0.15) is 5.69 Å². The number of hydrogen-bond donors (Lipinski definition) is 3. The molecule has 1 aromatic heterocycles. The van der Waals surface area contributed by atoms with E-state index >= 15 is 0 Å². The third-order valence-electron chi connectivity index (χ3n) is 6.13. The van der Waals surface area contributed by atoms with Gasteiger partial charge in [-0.05, 0) is 63.4 Å². The minimum atomic E-state index is -5.21. The van der Waals surface area contributed by atoms with Crippen molar-refractivity contribution in [3.63, 3.8) is 0 Å². The first kappa shape index (κ1) is 24.8. The van der Waals surface area contributed by atoms with Crippen molar-refractivity contribution < 1.29 is 27.5 Å². The first-order valence-corrected chi connectivity index (χ1v) is 11.4. The molecule has 6 nitrogen and oxygen atoms in total.